The second-order valence-electron chi connectivity index (χ2n) is 5.05. The first kappa shape index (κ1) is 13.1. The van der Waals surface area contributed by atoms with Crippen molar-refractivity contribution in [2.24, 2.45) is 7.05 Å². The summed E-state index contributed by atoms with van der Waals surface area (Å²) in [6, 6.07) is 2.57. The molecule has 0 saturated heterocycles. The van der Waals surface area contributed by atoms with E-state index in [4.69, 9.17) is 4.74 Å². The topological polar surface area (TPSA) is 43.3 Å². The van der Waals surface area contributed by atoms with Gasteiger partial charge in [0.25, 0.3) is 0 Å². The Morgan fingerprint density at radius 1 is 1.50 bits per heavy atom. The first-order valence-corrected chi connectivity index (χ1v) is 6.60. The predicted molar refractivity (Wildman–Crippen MR) is 70.6 cm³/mol. The minimum Gasteiger partial charge on any atom is -0.465 e. The number of rotatable bonds is 4. The van der Waals surface area contributed by atoms with Gasteiger partial charge >= 0.3 is 5.97 Å². The number of esters is 1. The largest absolute Gasteiger partial charge is 0.465 e. The van der Waals surface area contributed by atoms with Crippen molar-refractivity contribution in [2.75, 3.05) is 7.11 Å². The molecule has 4 nitrogen and oxygen atoms in total. The second kappa shape index (κ2) is 5.57. The Morgan fingerprint density at radius 3 is 2.78 bits per heavy atom. The van der Waals surface area contributed by atoms with Crippen LogP contribution in [0.15, 0.2) is 6.07 Å². The average molecular weight is 250 g/mol. The molecule has 0 bridgehead atoms. The molecular weight excluding hydrogens is 228 g/mol. The Kier molecular flexibility index (Phi) is 4.07. The Labute approximate surface area is 108 Å². The molecule has 1 N–H and O–H groups in total. The highest BCUT2D eigenvalue weighted by Gasteiger charge is 2.18. The number of aromatic nitrogens is 1. The van der Waals surface area contributed by atoms with Crippen LogP contribution in [0.4, 0.5) is 0 Å². The van der Waals surface area contributed by atoms with Crippen LogP contribution in [0.5, 0.6) is 0 Å². The maximum atomic E-state index is 11.6. The minimum absolute atomic E-state index is 0.254. The second-order valence-corrected chi connectivity index (χ2v) is 5.05. The Morgan fingerprint density at radius 2 is 2.17 bits per heavy atom. The highest BCUT2D eigenvalue weighted by Crippen LogP contribution is 2.19. The molecule has 0 aliphatic heterocycles. The zero-order valence-electron chi connectivity index (χ0n) is 11.5. The van der Waals surface area contributed by atoms with Crippen molar-refractivity contribution in [3.05, 3.63) is 23.0 Å². The molecule has 1 aromatic rings. The first-order chi connectivity index (χ1) is 8.63. The van der Waals surface area contributed by atoms with Crippen LogP contribution in [0.2, 0.25) is 0 Å². The van der Waals surface area contributed by atoms with Crippen LogP contribution in [0.3, 0.4) is 0 Å². The highest BCUT2D eigenvalue weighted by atomic mass is 16.5. The number of hydrogen-bond acceptors (Lipinski definition) is 3. The van der Waals surface area contributed by atoms with Gasteiger partial charge in [-0.2, -0.15) is 0 Å². The van der Waals surface area contributed by atoms with Gasteiger partial charge in [-0.05, 0) is 25.8 Å². The van der Waals surface area contributed by atoms with Gasteiger partial charge in [0.1, 0.15) is 0 Å². The molecule has 0 radical (unpaired) electrons. The molecule has 0 amide bonds. The Hall–Kier alpha value is -1.29. The molecule has 4 heteroatoms. The number of hydrogen-bond donors (Lipinski definition) is 1. The number of carbonyl (C=O) groups excluding carboxylic acids is 1. The number of nitrogens with zero attached hydrogens (tertiary/aromatic N) is 1. The van der Waals surface area contributed by atoms with E-state index in [1.165, 1.54) is 32.8 Å². The third-order valence-corrected chi connectivity index (χ3v) is 3.97. The molecule has 0 aromatic carbocycles. The summed E-state index contributed by atoms with van der Waals surface area (Å²) in [5.41, 5.74) is 2.77. The smallest absolute Gasteiger partial charge is 0.339 e. The molecule has 1 aliphatic carbocycles. The maximum Gasteiger partial charge on any atom is 0.339 e. The van der Waals surface area contributed by atoms with Crippen molar-refractivity contribution < 1.29 is 9.53 Å². The van der Waals surface area contributed by atoms with Gasteiger partial charge in [-0.3, -0.25) is 0 Å². The molecule has 0 atom stereocenters. The quantitative estimate of drug-likeness (QED) is 0.833. The van der Waals surface area contributed by atoms with Crippen molar-refractivity contribution in [1.29, 1.82) is 0 Å². The van der Waals surface area contributed by atoms with Crippen molar-refractivity contribution in [2.45, 2.75) is 45.2 Å². The fourth-order valence-electron chi connectivity index (χ4n) is 2.63. The van der Waals surface area contributed by atoms with Crippen molar-refractivity contribution in [3.8, 4) is 0 Å². The fourth-order valence-corrected chi connectivity index (χ4v) is 2.63. The summed E-state index contributed by atoms with van der Waals surface area (Å²) in [7, 11) is 3.42. The average Bonchev–Trinajstić information content (AvgIpc) is 2.98. The van der Waals surface area contributed by atoms with Crippen LogP contribution in [0.1, 0.15) is 47.4 Å². The fraction of sp³-hybridized carbons (Fsp3) is 0.643. The standard InChI is InChI=1S/C14H22N2O2/c1-10-13(14(17)18-3)8-12(16(10)2)9-15-11-6-4-5-7-11/h8,11,15H,4-7,9H2,1-3H3. The molecule has 0 unspecified atom stereocenters. The molecule has 0 spiro atoms. The van der Waals surface area contributed by atoms with Gasteiger partial charge in [-0.1, -0.05) is 12.8 Å². The van der Waals surface area contributed by atoms with Crippen LogP contribution < -0.4 is 5.32 Å². The predicted octanol–water partition coefficient (Wildman–Crippen LogP) is 2.15. The summed E-state index contributed by atoms with van der Waals surface area (Å²) >= 11 is 0. The zero-order valence-corrected chi connectivity index (χ0v) is 11.5. The molecule has 1 fully saturated rings. The zero-order chi connectivity index (χ0) is 13.1. The molecule has 1 aromatic heterocycles. The number of nitrogens with one attached hydrogen (secondary N) is 1. The molecule has 1 saturated carbocycles. The van der Waals surface area contributed by atoms with Gasteiger partial charge in [0.05, 0.1) is 12.7 Å². The summed E-state index contributed by atoms with van der Waals surface area (Å²) in [6.07, 6.45) is 5.20. The molecule has 1 aliphatic rings. The van der Waals surface area contributed by atoms with Crippen LogP contribution in [0.25, 0.3) is 0 Å². The Balaban J connectivity index is 2.06. The van der Waals surface area contributed by atoms with Gasteiger partial charge in [-0.15, -0.1) is 0 Å². The van der Waals surface area contributed by atoms with Gasteiger partial charge in [0, 0.05) is 31.0 Å². The van der Waals surface area contributed by atoms with Crippen LogP contribution >= 0.6 is 0 Å². The van der Waals surface area contributed by atoms with Crippen LogP contribution in [0, 0.1) is 6.92 Å². The number of ether oxygens (including phenoxy) is 1. The first-order valence-electron chi connectivity index (χ1n) is 6.60. The van der Waals surface area contributed by atoms with Crippen LogP contribution in [-0.4, -0.2) is 23.7 Å². The third-order valence-electron chi connectivity index (χ3n) is 3.97. The molecule has 2 rings (SSSR count). The van der Waals surface area contributed by atoms with E-state index >= 15 is 0 Å². The molecular formula is C14H22N2O2. The normalized spacial score (nSPS) is 16.2. The van der Waals surface area contributed by atoms with E-state index in [0.717, 1.165) is 17.9 Å². The van der Waals surface area contributed by atoms with Crippen molar-refractivity contribution >= 4 is 5.97 Å². The lowest BCUT2D eigenvalue weighted by Crippen LogP contribution is -2.26. The summed E-state index contributed by atoms with van der Waals surface area (Å²) in [6.45, 7) is 2.77. The number of carbonyl (C=O) groups is 1. The molecule has 100 valence electrons. The lowest BCUT2D eigenvalue weighted by atomic mass is 10.2. The summed E-state index contributed by atoms with van der Waals surface area (Å²) < 4.78 is 6.85. The van der Waals surface area contributed by atoms with Gasteiger partial charge < -0.3 is 14.6 Å². The highest BCUT2D eigenvalue weighted by molar-refractivity contribution is 5.91. The maximum absolute atomic E-state index is 11.6. The molecule has 18 heavy (non-hydrogen) atoms. The van der Waals surface area contributed by atoms with E-state index in [2.05, 4.69) is 9.88 Å². The number of methoxy groups -OCH3 is 1. The van der Waals surface area contributed by atoms with Crippen molar-refractivity contribution in [3.63, 3.8) is 0 Å². The van der Waals surface area contributed by atoms with E-state index in [0.29, 0.717) is 11.6 Å². The lowest BCUT2D eigenvalue weighted by Gasteiger charge is -2.12. The van der Waals surface area contributed by atoms with Crippen molar-refractivity contribution in [1.82, 2.24) is 9.88 Å². The Bertz CT molecular complexity index is 431. The van der Waals surface area contributed by atoms with Gasteiger partial charge in [-0.25, -0.2) is 4.79 Å². The summed E-state index contributed by atoms with van der Waals surface area (Å²) in [4.78, 5) is 11.6. The molecule has 1 heterocycles. The monoisotopic (exact) mass is 250 g/mol. The van der Waals surface area contributed by atoms with E-state index in [-0.39, 0.29) is 5.97 Å². The van der Waals surface area contributed by atoms with Crippen LogP contribution in [-0.2, 0) is 18.3 Å². The van der Waals surface area contributed by atoms with Gasteiger partial charge in [0.15, 0.2) is 0 Å². The lowest BCUT2D eigenvalue weighted by molar-refractivity contribution is 0.0600. The van der Waals surface area contributed by atoms with E-state index in [9.17, 15) is 4.79 Å². The van der Waals surface area contributed by atoms with E-state index in [1.807, 2.05) is 20.0 Å². The summed E-state index contributed by atoms with van der Waals surface area (Å²) in [5, 5.41) is 3.56. The van der Waals surface area contributed by atoms with E-state index < -0.39 is 0 Å². The SMILES string of the molecule is COC(=O)c1cc(CNC2CCCC2)n(C)c1C. The minimum atomic E-state index is -0.254. The summed E-state index contributed by atoms with van der Waals surface area (Å²) in [5.74, 6) is -0.254. The third kappa shape index (κ3) is 2.58. The van der Waals surface area contributed by atoms with E-state index in [1.54, 1.807) is 0 Å². The van der Waals surface area contributed by atoms with Gasteiger partial charge in [0.2, 0.25) is 0 Å².